The highest BCUT2D eigenvalue weighted by Gasteiger charge is 2.12. The van der Waals surface area contributed by atoms with Crippen molar-refractivity contribution >= 4 is 23.0 Å². The minimum Gasteiger partial charge on any atom is -0.260 e. The van der Waals surface area contributed by atoms with Crippen LogP contribution in [0, 0.1) is 16.7 Å². The molecule has 0 aliphatic carbocycles. The summed E-state index contributed by atoms with van der Waals surface area (Å²) >= 11 is 5.53. The Morgan fingerprint density at radius 2 is 2.25 bits per heavy atom. The van der Waals surface area contributed by atoms with Gasteiger partial charge in [0.2, 0.25) is 0 Å². The first-order chi connectivity index (χ1) is 5.65. The molecule has 4 nitrogen and oxygen atoms in total. The normalized spacial score (nSPS) is 9.00. The van der Waals surface area contributed by atoms with E-state index in [-0.39, 0.29) is 11.4 Å². The lowest BCUT2D eigenvalue weighted by Crippen LogP contribution is -1.86. The number of nitro benzene ring substituents is 1. The van der Waals surface area contributed by atoms with Gasteiger partial charge < -0.3 is 0 Å². The van der Waals surface area contributed by atoms with Gasteiger partial charge in [0.25, 0.3) is 11.4 Å². The fourth-order valence-electron chi connectivity index (χ4n) is 0.741. The third-order valence-electron chi connectivity index (χ3n) is 1.25. The van der Waals surface area contributed by atoms with Gasteiger partial charge in [-0.25, -0.2) is 4.85 Å². The Hall–Kier alpha value is -1.60. The van der Waals surface area contributed by atoms with E-state index in [9.17, 15) is 10.1 Å². The number of halogens is 1. The molecule has 0 aliphatic rings. The van der Waals surface area contributed by atoms with Gasteiger partial charge in [0, 0.05) is 11.1 Å². The van der Waals surface area contributed by atoms with Crippen molar-refractivity contribution in [1.82, 2.24) is 0 Å². The van der Waals surface area contributed by atoms with Gasteiger partial charge in [0.15, 0.2) is 0 Å². The molecule has 0 fully saturated rings. The summed E-state index contributed by atoms with van der Waals surface area (Å²) in [6.45, 7) is 6.64. The molecule has 0 N–H and O–H groups in total. The van der Waals surface area contributed by atoms with Crippen LogP contribution >= 0.6 is 11.6 Å². The SMILES string of the molecule is [C-]#[N+]c1cc(Cl)ccc1[N+](=O)[O-]. The van der Waals surface area contributed by atoms with Gasteiger partial charge in [-0.2, -0.15) is 0 Å². The molecule has 0 aromatic heterocycles. The monoisotopic (exact) mass is 182 g/mol. The first-order valence-electron chi connectivity index (χ1n) is 2.96. The number of hydrogen-bond donors (Lipinski definition) is 0. The number of rotatable bonds is 1. The van der Waals surface area contributed by atoms with Crippen LogP contribution in [0.4, 0.5) is 11.4 Å². The highest BCUT2D eigenvalue weighted by Crippen LogP contribution is 2.29. The summed E-state index contributed by atoms with van der Waals surface area (Å²) in [5, 5.41) is 10.6. The summed E-state index contributed by atoms with van der Waals surface area (Å²) in [6.07, 6.45) is 0. The van der Waals surface area contributed by atoms with Crippen LogP contribution in [0.3, 0.4) is 0 Å². The molecule has 0 radical (unpaired) electrons. The van der Waals surface area contributed by atoms with Gasteiger partial charge in [-0.3, -0.25) is 10.1 Å². The van der Waals surface area contributed by atoms with Crippen molar-refractivity contribution in [2.45, 2.75) is 0 Å². The molecule has 60 valence electrons. The van der Waals surface area contributed by atoms with Crippen LogP contribution in [0.15, 0.2) is 18.2 Å². The largest absolute Gasteiger partial charge is 0.279 e. The minimum atomic E-state index is -0.607. The molecule has 0 spiro atoms. The summed E-state index contributed by atoms with van der Waals surface area (Å²) in [4.78, 5) is 12.7. The molecule has 0 unspecified atom stereocenters. The second-order valence-corrected chi connectivity index (χ2v) is 2.44. The Morgan fingerprint density at radius 3 is 2.75 bits per heavy atom. The van der Waals surface area contributed by atoms with Gasteiger partial charge >= 0.3 is 0 Å². The molecule has 0 atom stereocenters. The maximum atomic E-state index is 10.3. The van der Waals surface area contributed by atoms with Crippen molar-refractivity contribution in [2.24, 2.45) is 0 Å². The summed E-state index contributed by atoms with van der Waals surface area (Å²) in [7, 11) is 0. The van der Waals surface area contributed by atoms with Crippen LogP contribution < -0.4 is 0 Å². The zero-order valence-corrected chi connectivity index (χ0v) is 6.58. The van der Waals surface area contributed by atoms with E-state index >= 15 is 0 Å². The lowest BCUT2D eigenvalue weighted by atomic mass is 10.3. The van der Waals surface area contributed by atoms with Gasteiger partial charge in [-0.1, -0.05) is 11.6 Å². The minimum absolute atomic E-state index is 0.0347. The third kappa shape index (κ3) is 1.52. The van der Waals surface area contributed by atoms with E-state index in [0.29, 0.717) is 5.02 Å². The first kappa shape index (κ1) is 8.50. The zero-order chi connectivity index (χ0) is 9.14. The molecule has 1 rings (SSSR count). The second-order valence-electron chi connectivity index (χ2n) is 2.00. The number of hydrogen-bond acceptors (Lipinski definition) is 2. The van der Waals surface area contributed by atoms with Gasteiger partial charge in [-0.15, -0.1) is 0 Å². The fourth-order valence-corrected chi connectivity index (χ4v) is 0.907. The molecular formula is C7H3ClN2O2. The van der Waals surface area contributed by atoms with Crippen LogP contribution in [0.1, 0.15) is 0 Å². The van der Waals surface area contributed by atoms with E-state index in [0.717, 1.165) is 0 Å². The zero-order valence-electron chi connectivity index (χ0n) is 5.82. The predicted molar refractivity (Wildman–Crippen MR) is 44.4 cm³/mol. The quantitative estimate of drug-likeness (QED) is 0.381. The van der Waals surface area contributed by atoms with Crippen molar-refractivity contribution in [3.63, 3.8) is 0 Å². The molecule has 0 bridgehead atoms. The van der Waals surface area contributed by atoms with Crippen molar-refractivity contribution in [3.05, 3.63) is 44.8 Å². The molecule has 0 saturated heterocycles. The molecule has 0 saturated carbocycles. The van der Waals surface area contributed by atoms with E-state index in [1.165, 1.54) is 18.2 Å². The lowest BCUT2D eigenvalue weighted by molar-refractivity contribution is -0.383. The maximum Gasteiger partial charge on any atom is 0.279 e. The average Bonchev–Trinajstić information content (AvgIpc) is 2.03. The molecule has 0 heterocycles. The van der Waals surface area contributed by atoms with Crippen molar-refractivity contribution in [1.29, 1.82) is 0 Å². The molecule has 12 heavy (non-hydrogen) atoms. The standard InChI is InChI=1S/C7H3ClN2O2/c1-9-6-4-5(8)2-3-7(6)10(11)12/h2-4H. The Labute approximate surface area is 73.4 Å². The third-order valence-corrected chi connectivity index (χ3v) is 1.49. The smallest absolute Gasteiger partial charge is 0.260 e. The van der Waals surface area contributed by atoms with Crippen molar-refractivity contribution in [2.75, 3.05) is 0 Å². The van der Waals surface area contributed by atoms with Gasteiger partial charge in [0.1, 0.15) is 0 Å². The molecule has 0 amide bonds. The second kappa shape index (κ2) is 3.20. The topological polar surface area (TPSA) is 47.5 Å². The average molecular weight is 183 g/mol. The van der Waals surface area contributed by atoms with Crippen molar-refractivity contribution in [3.8, 4) is 0 Å². The van der Waals surface area contributed by atoms with E-state index in [4.69, 9.17) is 18.2 Å². The highest BCUT2D eigenvalue weighted by atomic mass is 35.5. The van der Waals surface area contributed by atoms with E-state index in [1.54, 1.807) is 0 Å². The predicted octanol–water partition coefficient (Wildman–Crippen LogP) is 2.80. The van der Waals surface area contributed by atoms with Gasteiger partial charge in [-0.05, 0) is 12.1 Å². The Balaban J connectivity index is 3.32. The summed E-state index contributed by atoms with van der Waals surface area (Å²) in [6, 6.07) is 3.87. The summed E-state index contributed by atoms with van der Waals surface area (Å²) in [5.74, 6) is 0. The van der Waals surface area contributed by atoms with E-state index < -0.39 is 4.92 Å². The van der Waals surface area contributed by atoms with E-state index in [1.807, 2.05) is 0 Å². The van der Waals surface area contributed by atoms with Gasteiger partial charge in [0.05, 0.1) is 11.5 Å². The Morgan fingerprint density at radius 1 is 1.58 bits per heavy atom. The number of benzene rings is 1. The van der Waals surface area contributed by atoms with Crippen molar-refractivity contribution < 1.29 is 4.92 Å². The summed E-state index contributed by atoms with van der Waals surface area (Å²) < 4.78 is 0. The molecule has 0 aliphatic heterocycles. The number of nitrogens with zero attached hydrogens (tertiary/aromatic N) is 2. The molecular weight excluding hydrogens is 180 g/mol. The Kier molecular flexibility index (Phi) is 2.26. The van der Waals surface area contributed by atoms with Crippen LogP contribution in [0.25, 0.3) is 4.85 Å². The maximum absolute atomic E-state index is 10.3. The van der Waals surface area contributed by atoms with Crippen LogP contribution in [-0.2, 0) is 0 Å². The molecule has 1 aromatic rings. The van der Waals surface area contributed by atoms with Crippen LogP contribution in [-0.4, -0.2) is 4.92 Å². The molecule has 1 aromatic carbocycles. The van der Waals surface area contributed by atoms with Crippen LogP contribution in [0.5, 0.6) is 0 Å². The molecule has 5 heteroatoms. The first-order valence-corrected chi connectivity index (χ1v) is 3.34. The lowest BCUT2D eigenvalue weighted by Gasteiger charge is -1.93. The Bertz CT molecular complexity index is 370. The highest BCUT2D eigenvalue weighted by molar-refractivity contribution is 6.31. The number of nitro groups is 1. The fraction of sp³-hybridized carbons (Fsp3) is 0. The van der Waals surface area contributed by atoms with Crippen LogP contribution in [0.2, 0.25) is 5.02 Å². The summed E-state index contributed by atoms with van der Waals surface area (Å²) in [5.41, 5.74) is -0.248. The van der Waals surface area contributed by atoms with E-state index in [2.05, 4.69) is 4.85 Å².